The molecule has 3 heteroatoms. The van der Waals surface area contributed by atoms with Gasteiger partial charge in [-0.1, -0.05) is 20.8 Å². The summed E-state index contributed by atoms with van der Waals surface area (Å²) in [7, 11) is 0. The maximum Gasteiger partial charge on any atom is 0.0611 e. The predicted octanol–water partition coefficient (Wildman–Crippen LogP) is 2.25. The summed E-state index contributed by atoms with van der Waals surface area (Å²) in [4.78, 5) is 2.55. The number of piperidine rings is 1. The van der Waals surface area contributed by atoms with Crippen molar-refractivity contribution in [2.24, 2.45) is 5.41 Å². The number of hydrogen-bond acceptors (Lipinski definition) is 3. The van der Waals surface area contributed by atoms with Crippen molar-refractivity contribution in [1.29, 1.82) is 0 Å². The third-order valence-electron chi connectivity index (χ3n) is 4.34. The van der Waals surface area contributed by atoms with E-state index in [2.05, 4.69) is 37.9 Å². The lowest BCUT2D eigenvalue weighted by Gasteiger charge is -2.39. The van der Waals surface area contributed by atoms with Crippen LogP contribution in [0, 0.1) is 5.41 Å². The molecule has 0 spiro atoms. The van der Waals surface area contributed by atoms with Crippen molar-refractivity contribution in [2.75, 3.05) is 32.8 Å². The van der Waals surface area contributed by atoms with Crippen molar-refractivity contribution in [2.45, 2.75) is 58.9 Å². The maximum absolute atomic E-state index is 9.54. The molecule has 0 aromatic heterocycles. The summed E-state index contributed by atoms with van der Waals surface area (Å²) in [5, 5.41) is 13.0. The standard InChI is InChI=1S/C15H32N2O/c1-5-9-16-15(4,13-18)8-12-17-10-6-14(2,3)7-11-17/h16,18H,5-13H2,1-4H3. The minimum Gasteiger partial charge on any atom is -0.394 e. The fraction of sp³-hybridized carbons (Fsp3) is 1.00. The van der Waals surface area contributed by atoms with Crippen molar-refractivity contribution < 1.29 is 5.11 Å². The largest absolute Gasteiger partial charge is 0.394 e. The van der Waals surface area contributed by atoms with Gasteiger partial charge in [0.25, 0.3) is 0 Å². The summed E-state index contributed by atoms with van der Waals surface area (Å²) < 4.78 is 0. The second-order valence-corrected chi connectivity index (χ2v) is 6.90. The topological polar surface area (TPSA) is 35.5 Å². The minimum atomic E-state index is -0.108. The molecule has 1 fully saturated rings. The monoisotopic (exact) mass is 256 g/mol. The lowest BCUT2D eigenvalue weighted by molar-refractivity contribution is 0.105. The van der Waals surface area contributed by atoms with Crippen molar-refractivity contribution in [3.05, 3.63) is 0 Å². The SMILES string of the molecule is CCCNC(C)(CO)CCN1CCC(C)(C)CC1. The lowest BCUT2D eigenvalue weighted by atomic mass is 9.82. The van der Waals surface area contributed by atoms with Crippen LogP contribution in [0.5, 0.6) is 0 Å². The van der Waals surface area contributed by atoms with Crippen molar-refractivity contribution in [3.63, 3.8) is 0 Å². The lowest BCUT2D eigenvalue weighted by Crippen LogP contribution is -2.49. The van der Waals surface area contributed by atoms with Crippen LogP contribution in [0.15, 0.2) is 0 Å². The van der Waals surface area contributed by atoms with Gasteiger partial charge in [-0.25, -0.2) is 0 Å². The highest BCUT2D eigenvalue weighted by Gasteiger charge is 2.27. The minimum absolute atomic E-state index is 0.108. The first-order valence-electron chi connectivity index (χ1n) is 7.49. The van der Waals surface area contributed by atoms with Crippen LogP contribution >= 0.6 is 0 Å². The van der Waals surface area contributed by atoms with Gasteiger partial charge in [0, 0.05) is 5.54 Å². The normalized spacial score (nSPS) is 23.8. The van der Waals surface area contributed by atoms with Gasteiger partial charge >= 0.3 is 0 Å². The maximum atomic E-state index is 9.54. The van der Waals surface area contributed by atoms with Gasteiger partial charge in [0.1, 0.15) is 0 Å². The smallest absolute Gasteiger partial charge is 0.0611 e. The Morgan fingerprint density at radius 3 is 2.39 bits per heavy atom. The van der Waals surface area contributed by atoms with Gasteiger partial charge in [0.05, 0.1) is 6.61 Å². The fourth-order valence-corrected chi connectivity index (χ4v) is 2.44. The quantitative estimate of drug-likeness (QED) is 0.733. The molecular formula is C15H32N2O. The highest BCUT2D eigenvalue weighted by atomic mass is 16.3. The van der Waals surface area contributed by atoms with Crippen molar-refractivity contribution in [3.8, 4) is 0 Å². The first kappa shape index (κ1) is 15.9. The van der Waals surface area contributed by atoms with E-state index in [1.54, 1.807) is 0 Å². The van der Waals surface area contributed by atoms with Gasteiger partial charge in [-0.3, -0.25) is 0 Å². The van der Waals surface area contributed by atoms with E-state index in [9.17, 15) is 5.11 Å². The van der Waals surface area contributed by atoms with Gasteiger partial charge < -0.3 is 15.3 Å². The zero-order chi connectivity index (χ0) is 13.6. The second-order valence-electron chi connectivity index (χ2n) is 6.90. The number of nitrogens with one attached hydrogen (secondary N) is 1. The van der Waals surface area contributed by atoms with Gasteiger partial charge in [-0.15, -0.1) is 0 Å². The van der Waals surface area contributed by atoms with E-state index in [0.29, 0.717) is 5.41 Å². The van der Waals surface area contributed by atoms with E-state index < -0.39 is 0 Å². The fourth-order valence-electron chi connectivity index (χ4n) is 2.44. The number of aliphatic hydroxyl groups excluding tert-OH is 1. The molecule has 108 valence electrons. The molecule has 1 aliphatic heterocycles. The zero-order valence-electron chi connectivity index (χ0n) is 12.8. The van der Waals surface area contributed by atoms with Gasteiger partial charge in [-0.05, 0) is 64.2 Å². The first-order chi connectivity index (χ1) is 8.41. The highest BCUT2D eigenvalue weighted by molar-refractivity contribution is 4.85. The molecule has 1 unspecified atom stereocenters. The molecule has 2 N–H and O–H groups in total. The van der Waals surface area contributed by atoms with E-state index in [0.717, 1.165) is 25.9 Å². The van der Waals surface area contributed by atoms with Crippen molar-refractivity contribution >= 4 is 0 Å². The zero-order valence-corrected chi connectivity index (χ0v) is 12.8. The van der Waals surface area contributed by atoms with E-state index in [-0.39, 0.29) is 12.1 Å². The van der Waals surface area contributed by atoms with Crippen LogP contribution < -0.4 is 5.32 Å². The number of nitrogens with zero attached hydrogens (tertiary/aromatic N) is 1. The summed E-state index contributed by atoms with van der Waals surface area (Å²) in [6.07, 6.45) is 4.74. The molecule has 0 saturated carbocycles. The Hall–Kier alpha value is -0.120. The van der Waals surface area contributed by atoms with E-state index >= 15 is 0 Å². The molecule has 1 atom stereocenters. The van der Waals surface area contributed by atoms with E-state index in [1.165, 1.54) is 25.9 Å². The Balaban J connectivity index is 2.30. The van der Waals surface area contributed by atoms with Crippen LogP contribution in [-0.4, -0.2) is 48.3 Å². The molecule has 18 heavy (non-hydrogen) atoms. The average Bonchev–Trinajstić information content (AvgIpc) is 2.35. The van der Waals surface area contributed by atoms with Crippen LogP contribution in [0.1, 0.15) is 53.4 Å². The Morgan fingerprint density at radius 1 is 1.28 bits per heavy atom. The van der Waals surface area contributed by atoms with Gasteiger partial charge in [0.15, 0.2) is 0 Å². The molecule has 0 aromatic rings. The molecule has 0 amide bonds. The summed E-state index contributed by atoms with van der Waals surface area (Å²) in [5.41, 5.74) is 0.417. The molecule has 1 aliphatic rings. The Kier molecular flexibility index (Phi) is 6.09. The highest BCUT2D eigenvalue weighted by Crippen LogP contribution is 2.29. The van der Waals surface area contributed by atoms with Crippen LogP contribution in [0.3, 0.4) is 0 Å². The Bertz CT molecular complexity index is 233. The summed E-state index contributed by atoms with van der Waals surface area (Å²) >= 11 is 0. The molecule has 0 aliphatic carbocycles. The molecule has 0 radical (unpaired) electrons. The molecule has 1 rings (SSSR count). The number of likely N-dealkylation sites (tertiary alicyclic amines) is 1. The van der Waals surface area contributed by atoms with Crippen molar-refractivity contribution in [1.82, 2.24) is 10.2 Å². The van der Waals surface area contributed by atoms with E-state index in [4.69, 9.17) is 0 Å². The van der Waals surface area contributed by atoms with Crippen LogP contribution in [0.2, 0.25) is 0 Å². The molecule has 3 nitrogen and oxygen atoms in total. The van der Waals surface area contributed by atoms with Crippen LogP contribution in [0.4, 0.5) is 0 Å². The predicted molar refractivity (Wildman–Crippen MR) is 77.9 cm³/mol. The summed E-state index contributed by atoms with van der Waals surface area (Å²) in [6.45, 7) is 13.8. The summed E-state index contributed by atoms with van der Waals surface area (Å²) in [6, 6.07) is 0. The average molecular weight is 256 g/mol. The van der Waals surface area contributed by atoms with Crippen LogP contribution in [-0.2, 0) is 0 Å². The Morgan fingerprint density at radius 2 is 1.89 bits per heavy atom. The molecule has 0 aromatic carbocycles. The number of aliphatic hydroxyl groups is 1. The third kappa shape index (κ3) is 5.25. The molecule has 1 heterocycles. The number of hydrogen-bond donors (Lipinski definition) is 2. The second kappa shape index (κ2) is 6.88. The first-order valence-corrected chi connectivity index (χ1v) is 7.49. The van der Waals surface area contributed by atoms with Gasteiger partial charge in [-0.2, -0.15) is 0 Å². The van der Waals surface area contributed by atoms with E-state index in [1.807, 2.05) is 0 Å². The van der Waals surface area contributed by atoms with Crippen LogP contribution in [0.25, 0.3) is 0 Å². The summed E-state index contributed by atoms with van der Waals surface area (Å²) in [5.74, 6) is 0. The number of rotatable bonds is 7. The third-order valence-corrected chi connectivity index (χ3v) is 4.34. The van der Waals surface area contributed by atoms with Gasteiger partial charge in [0.2, 0.25) is 0 Å². The molecule has 1 saturated heterocycles. The molecular weight excluding hydrogens is 224 g/mol. The molecule has 0 bridgehead atoms. The Labute approximate surface area is 113 Å².